The Hall–Kier alpha value is -3.40. The van der Waals surface area contributed by atoms with Crippen LogP contribution in [-0.4, -0.2) is 59.9 Å². The minimum absolute atomic E-state index is 0.0169. The Morgan fingerprint density at radius 3 is 2.51 bits per heavy atom. The smallest absolute Gasteiger partial charge is 0.303 e. The minimum Gasteiger partial charge on any atom is -0.491 e. The van der Waals surface area contributed by atoms with Crippen LogP contribution in [0.2, 0.25) is 0 Å². The zero-order chi connectivity index (χ0) is 29.3. The summed E-state index contributed by atoms with van der Waals surface area (Å²) in [4.78, 5) is 8.82. The summed E-state index contributed by atoms with van der Waals surface area (Å²) in [5.74, 6) is -1.51. The highest BCUT2D eigenvalue weighted by molar-refractivity contribution is 7.88. The number of anilines is 1. The number of aliphatic hydroxyl groups is 1. The number of terminal acetylenes is 1. The number of sulfonamides is 1. The summed E-state index contributed by atoms with van der Waals surface area (Å²) >= 11 is 0. The minimum atomic E-state index is -3.84. The molecule has 3 rings (SSSR count). The van der Waals surface area contributed by atoms with Crippen molar-refractivity contribution in [2.75, 3.05) is 31.8 Å². The normalized spacial score (nSPS) is 13.4. The van der Waals surface area contributed by atoms with Crippen molar-refractivity contribution in [2.24, 2.45) is 0 Å². The molecule has 0 aliphatic rings. The molecular formula is C27H31F3N4O4S. The molecule has 0 fully saturated rings. The van der Waals surface area contributed by atoms with E-state index in [0.717, 1.165) is 30.5 Å². The third-order valence-corrected chi connectivity index (χ3v) is 7.56. The molecule has 2 N–H and O–H groups in total. The molecule has 12 heteroatoms. The maximum Gasteiger partial charge on any atom is 0.303 e. The average molecular weight is 565 g/mol. The molecule has 8 nitrogen and oxygen atoms in total. The number of benzene rings is 2. The number of aromatic nitrogens is 2. The summed E-state index contributed by atoms with van der Waals surface area (Å²) in [7, 11) is -1.97. The summed E-state index contributed by atoms with van der Waals surface area (Å²) in [6, 6.07) is 6.00. The quantitative estimate of drug-likeness (QED) is 0.353. The van der Waals surface area contributed by atoms with Gasteiger partial charge >= 0.3 is 5.92 Å². The summed E-state index contributed by atoms with van der Waals surface area (Å²) in [5, 5.41) is 13.5. The molecule has 1 atom stereocenters. The van der Waals surface area contributed by atoms with Crippen molar-refractivity contribution in [3.05, 3.63) is 58.7 Å². The van der Waals surface area contributed by atoms with E-state index in [-0.39, 0.29) is 30.3 Å². The first-order chi connectivity index (χ1) is 18.0. The first kappa shape index (κ1) is 30.1. The van der Waals surface area contributed by atoms with E-state index >= 15 is 4.39 Å². The fourth-order valence-electron chi connectivity index (χ4n) is 3.80. The van der Waals surface area contributed by atoms with Crippen LogP contribution in [0.5, 0.6) is 5.75 Å². The van der Waals surface area contributed by atoms with Gasteiger partial charge in [-0.2, -0.15) is 8.78 Å². The standard InChI is InChI=1S/C27H31F3N4O4S/c1-8-18-14-22-20(15-23(18)38-13-12-34(6)39(7,36)37)25(33-17(3)32-22)31-16(2)19-10-9-11-21(24(19)28)27(29,30)26(4,5)35/h1,9-11,14-16,35H,12-13H2,2-7H3,(H,31,32,33)/t16-/m1/s1. The Labute approximate surface area is 226 Å². The number of likely N-dealkylation sites (N-methyl/N-ethyl adjacent to an activating group) is 1. The first-order valence-corrected chi connectivity index (χ1v) is 13.8. The topological polar surface area (TPSA) is 105 Å². The molecule has 0 aliphatic heterocycles. The highest BCUT2D eigenvalue weighted by Gasteiger charge is 2.49. The van der Waals surface area contributed by atoms with Gasteiger partial charge in [0.05, 0.1) is 28.9 Å². The van der Waals surface area contributed by atoms with Crippen LogP contribution in [-0.2, 0) is 15.9 Å². The monoisotopic (exact) mass is 564 g/mol. The number of fused-ring (bicyclic) bond motifs is 1. The Bertz CT molecular complexity index is 1530. The third-order valence-electron chi connectivity index (χ3n) is 6.25. The van der Waals surface area contributed by atoms with Crippen molar-refractivity contribution < 1.29 is 31.4 Å². The second-order valence-corrected chi connectivity index (χ2v) is 11.9. The lowest BCUT2D eigenvalue weighted by molar-refractivity contribution is -0.170. The van der Waals surface area contributed by atoms with E-state index in [4.69, 9.17) is 11.2 Å². The molecule has 0 spiro atoms. The molecule has 0 radical (unpaired) electrons. The van der Waals surface area contributed by atoms with Crippen molar-refractivity contribution in [1.29, 1.82) is 0 Å². The van der Waals surface area contributed by atoms with Crippen LogP contribution in [0.25, 0.3) is 10.9 Å². The molecular weight excluding hydrogens is 533 g/mol. The fraction of sp³-hybridized carbons (Fsp3) is 0.407. The summed E-state index contributed by atoms with van der Waals surface area (Å²) in [6.07, 6.45) is 6.74. The maximum absolute atomic E-state index is 15.3. The molecule has 0 unspecified atom stereocenters. The second-order valence-electron chi connectivity index (χ2n) is 9.77. The van der Waals surface area contributed by atoms with Gasteiger partial charge in [0.1, 0.15) is 35.4 Å². The fourth-order valence-corrected chi connectivity index (χ4v) is 4.21. The van der Waals surface area contributed by atoms with Crippen LogP contribution in [0.15, 0.2) is 30.3 Å². The lowest BCUT2D eigenvalue weighted by Crippen LogP contribution is -2.41. The lowest BCUT2D eigenvalue weighted by Gasteiger charge is -2.30. The van der Waals surface area contributed by atoms with Crippen molar-refractivity contribution in [3.63, 3.8) is 0 Å². The van der Waals surface area contributed by atoms with Crippen molar-refractivity contribution in [2.45, 2.75) is 45.3 Å². The van der Waals surface area contributed by atoms with Gasteiger partial charge in [-0.25, -0.2) is 27.1 Å². The highest BCUT2D eigenvalue weighted by Crippen LogP contribution is 2.41. The van der Waals surface area contributed by atoms with Crippen LogP contribution in [0, 0.1) is 25.1 Å². The van der Waals surface area contributed by atoms with Crippen molar-refractivity contribution in [1.82, 2.24) is 14.3 Å². The largest absolute Gasteiger partial charge is 0.491 e. The van der Waals surface area contributed by atoms with Gasteiger partial charge in [0.2, 0.25) is 10.0 Å². The molecule has 0 aliphatic carbocycles. The van der Waals surface area contributed by atoms with Gasteiger partial charge in [-0.15, -0.1) is 6.42 Å². The van der Waals surface area contributed by atoms with E-state index in [2.05, 4.69) is 21.2 Å². The molecule has 2 aromatic carbocycles. The number of aryl methyl sites for hydroxylation is 1. The SMILES string of the molecule is C#Cc1cc2nc(C)nc(N[C@H](C)c3cccc(C(F)(F)C(C)(C)O)c3F)c2cc1OCCN(C)S(C)(=O)=O. The number of rotatable bonds is 10. The molecule has 0 saturated carbocycles. The molecule has 210 valence electrons. The molecule has 0 bridgehead atoms. The zero-order valence-electron chi connectivity index (χ0n) is 22.5. The van der Waals surface area contributed by atoms with Gasteiger partial charge in [0, 0.05) is 24.5 Å². The Morgan fingerprint density at radius 2 is 1.92 bits per heavy atom. The van der Waals surface area contributed by atoms with Gasteiger partial charge in [-0.05, 0) is 45.9 Å². The molecule has 1 heterocycles. The number of alkyl halides is 2. The van der Waals surface area contributed by atoms with Crippen LogP contribution < -0.4 is 10.1 Å². The van der Waals surface area contributed by atoms with Crippen molar-refractivity contribution in [3.8, 4) is 18.1 Å². The van der Waals surface area contributed by atoms with Gasteiger partial charge in [0.15, 0.2) is 0 Å². The van der Waals surface area contributed by atoms with Gasteiger partial charge in [0.25, 0.3) is 0 Å². The summed E-state index contributed by atoms with van der Waals surface area (Å²) in [5.41, 5.74) is -2.60. The van der Waals surface area contributed by atoms with Crippen LogP contribution >= 0.6 is 0 Å². The van der Waals surface area contributed by atoms with E-state index in [9.17, 15) is 22.3 Å². The Morgan fingerprint density at radius 1 is 1.26 bits per heavy atom. The second kappa shape index (κ2) is 11.0. The van der Waals surface area contributed by atoms with Crippen LogP contribution in [0.3, 0.4) is 0 Å². The molecule has 0 amide bonds. The van der Waals surface area contributed by atoms with E-state index < -0.39 is 39.0 Å². The van der Waals surface area contributed by atoms with E-state index in [1.807, 2.05) is 0 Å². The predicted octanol–water partition coefficient (Wildman–Crippen LogP) is 4.36. The molecule has 39 heavy (non-hydrogen) atoms. The number of nitrogens with one attached hydrogen (secondary N) is 1. The zero-order valence-corrected chi connectivity index (χ0v) is 23.3. The van der Waals surface area contributed by atoms with Gasteiger partial charge in [-0.3, -0.25) is 0 Å². The first-order valence-electron chi connectivity index (χ1n) is 12.0. The number of nitrogens with zero attached hydrogens (tertiary/aromatic N) is 3. The van der Waals surface area contributed by atoms with Crippen LogP contribution in [0.4, 0.5) is 19.0 Å². The number of hydrogen-bond donors (Lipinski definition) is 2. The van der Waals surface area contributed by atoms with E-state index in [1.54, 1.807) is 26.0 Å². The number of halogens is 3. The van der Waals surface area contributed by atoms with Gasteiger partial charge in [-0.1, -0.05) is 18.1 Å². The highest BCUT2D eigenvalue weighted by atomic mass is 32.2. The predicted molar refractivity (Wildman–Crippen MR) is 144 cm³/mol. The lowest BCUT2D eigenvalue weighted by atomic mass is 9.91. The Balaban J connectivity index is 1.99. The third kappa shape index (κ3) is 6.43. The average Bonchev–Trinajstić information content (AvgIpc) is 2.82. The molecule has 1 aromatic heterocycles. The summed E-state index contributed by atoms with van der Waals surface area (Å²) < 4.78 is 75.1. The van der Waals surface area contributed by atoms with Crippen molar-refractivity contribution >= 4 is 26.7 Å². The maximum atomic E-state index is 15.3. The Kier molecular flexibility index (Phi) is 8.50. The number of ether oxygens (including phenoxy) is 1. The molecule has 3 aromatic rings. The molecule has 0 saturated heterocycles. The van der Waals surface area contributed by atoms with E-state index in [1.165, 1.54) is 19.2 Å². The van der Waals surface area contributed by atoms with Crippen LogP contribution in [0.1, 0.15) is 49.3 Å². The van der Waals surface area contributed by atoms with Gasteiger partial charge < -0.3 is 15.2 Å². The number of hydrogen-bond acceptors (Lipinski definition) is 7. The summed E-state index contributed by atoms with van der Waals surface area (Å²) in [6.45, 7) is 5.17. The van der Waals surface area contributed by atoms with E-state index in [0.29, 0.717) is 22.3 Å².